The number of amidine groups is 1. The summed E-state index contributed by atoms with van der Waals surface area (Å²) in [6.45, 7) is 0. The minimum Gasteiger partial charge on any atom is -0.409 e. The Morgan fingerprint density at radius 3 is 2.70 bits per heavy atom. The average Bonchev–Trinajstić information content (AvgIpc) is 3.00. The van der Waals surface area contributed by atoms with Crippen LogP contribution in [-0.2, 0) is 10.0 Å². The Labute approximate surface area is 122 Å². The van der Waals surface area contributed by atoms with Crippen molar-refractivity contribution < 1.29 is 13.6 Å². The second kappa shape index (κ2) is 6.55. The molecule has 1 aliphatic rings. The molecular weight excluding hydrogens is 298 g/mol. The van der Waals surface area contributed by atoms with Gasteiger partial charge in [0.05, 0.1) is 6.04 Å². The first-order valence-electron chi connectivity index (χ1n) is 6.58. The van der Waals surface area contributed by atoms with Crippen LogP contribution in [0.4, 0.5) is 0 Å². The number of hydrogen-bond acceptors (Lipinski definition) is 5. The third-order valence-corrected chi connectivity index (χ3v) is 6.44. The molecule has 1 fully saturated rings. The van der Waals surface area contributed by atoms with E-state index in [4.69, 9.17) is 10.9 Å². The van der Waals surface area contributed by atoms with E-state index in [1.54, 1.807) is 11.4 Å². The normalized spacial score (nSPS) is 19.9. The molecule has 1 saturated carbocycles. The topological polar surface area (TPSA) is 105 Å². The Bertz CT molecular complexity index is 549. The van der Waals surface area contributed by atoms with Crippen LogP contribution in [0.25, 0.3) is 0 Å². The number of sulfonamides is 1. The first kappa shape index (κ1) is 15.3. The third kappa shape index (κ3) is 3.50. The van der Waals surface area contributed by atoms with Gasteiger partial charge in [-0.15, -0.1) is 11.3 Å². The first-order valence-corrected chi connectivity index (χ1v) is 8.94. The predicted molar refractivity (Wildman–Crippen MR) is 78.4 cm³/mol. The standard InChI is InChI=1S/C12H19N3O3S2/c13-12(14-16)11(9-5-2-1-3-6-9)15-20(17,18)10-7-4-8-19-10/h4,7-9,11,15-16H,1-3,5-6H2,(H2,13,14). The molecule has 1 atom stereocenters. The summed E-state index contributed by atoms with van der Waals surface area (Å²) in [4.78, 5) is 0. The Morgan fingerprint density at radius 1 is 1.45 bits per heavy atom. The Morgan fingerprint density at radius 2 is 2.15 bits per heavy atom. The highest BCUT2D eigenvalue weighted by Crippen LogP contribution is 2.28. The lowest BCUT2D eigenvalue weighted by Crippen LogP contribution is -2.49. The van der Waals surface area contributed by atoms with Crippen molar-refractivity contribution in [2.75, 3.05) is 0 Å². The van der Waals surface area contributed by atoms with Crippen molar-refractivity contribution in [3.8, 4) is 0 Å². The zero-order valence-electron chi connectivity index (χ0n) is 11.0. The van der Waals surface area contributed by atoms with Gasteiger partial charge >= 0.3 is 0 Å². The van der Waals surface area contributed by atoms with Crippen molar-refractivity contribution in [1.29, 1.82) is 0 Å². The molecule has 0 spiro atoms. The van der Waals surface area contributed by atoms with Crippen molar-refractivity contribution in [3.63, 3.8) is 0 Å². The van der Waals surface area contributed by atoms with E-state index in [0.29, 0.717) is 0 Å². The van der Waals surface area contributed by atoms with Gasteiger partial charge in [0.25, 0.3) is 10.0 Å². The van der Waals surface area contributed by atoms with Crippen LogP contribution in [0.15, 0.2) is 26.9 Å². The summed E-state index contributed by atoms with van der Waals surface area (Å²) in [6.07, 6.45) is 5.00. The maximum atomic E-state index is 12.3. The number of rotatable bonds is 5. The number of nitrogens with two attached hydrogens (primary N) is 1. The Hall–Kier alpha value is -1.12. The van der Waals surface area contributed by atoms with Gasteiger partial charge in [-0.1, -0.05) is 30.5 Å². The summed E-state index contributed by atoms with van der Waals surface area (Å²) >= 11 is 1.14. The van der Waals surface area contributed by atoms with Crippen LogP contribution in [0.5, 0.6) is 0 Å². The van der Waals surface area contributed by atoms with Gasteiger partial charge < -0.3 is 10.9 Å². The average molecular weight is 317 g/mol. The van der Waals surface area contributed by atoms with E-state index in [1.807, 2.05) is 0 Å². The van der Waals surface area contributed by atoms with Crippen molar-refractivity contribution in [2.45, 2.75) is 42.4 Å². The minimum atomic E-state index is -3.62. The van der Waals surface area contributed by atoms with Gasteiger partial charge in [0.2, 0.25) is 0 Å². The lowest BCUT2D eigenvalue weighted by Gasteiger charge is -2.29. The molecule has 0 amide bonds. The monoisotopic (exact) mass is 317 g/mol. The fourth-order valence-corrected chi connectivity index (χ4v) is 4.86. The van der Waals surface area contributed by atoms with Gasteiger partial charge in [-0.2, -0.15) is 4.72 Å². The van der Waals surface area contributed by atoms with Crippen molar-refractivity contribution in [2.24, 2.45) is 16.8 Å². The van der Waals surface area contributed by atoms with Crippen LogP contribution in [0.1, 0.15) is 32.1 Å². The summed E-state index contributed by atoms with van der Waals surface area (Å²) in [6, 6.07) is 2.57. The second-order valence-corrected chi connectivity index (χ2v) is 7.84. The molecule has 0 saturated heterocycles. The summed E-state index contributed by atoms with van der Waals surface area (Å²) in [5.74, 6) is 0.00594. The lowest BCUT2D eigenvalue weighted by atomic mass is 9.84. The molecule has 112 valence electrons. The molecular formula is C12H19N3O3S2. The van der Waals surface area contributed by atoms with Crippen LogP contribution in [0.3, 0.4) is 0 Å². The molecule has 1 aromatic heterocycles. The largest absolute Gasteiger partial charge is 0.409 e. The van der Waals surface area contributed by atoms with Crippen molar-refractivity contribution >= 4 is 27.2 Å². The second-order valence-electron chi connectivity index (χ2n) is 4.95. The highest BCUT2D eigenvalue weighted by atomic mass is 32.2. The smallest absolute Gasteiger partial charge is 0.250 e. The lowest BCUT2D eigenvalue weighted by molar-refractivity contribution is 0.297. The van der Waals surface area contributed by atoms with Gasteiger partial charge in [-0.05, 0) is 30.2 Å². The molecule has 0 bridgehead atoms. The quantitative estimate of drug-likeness (QED) is 0.333. The summed E-state index contributed by atoms with van der Waals surface area (Å²) in [7, 11) is -3.62. The maximum absolute atomic E-state index is 12.3. The molecule has 1 aliphatic carbocycles. The maximum Gasteiger partial charge on any atom is 0.250 e. The molecule has 1 heterocycles. The number of nitrogens with one attached hydrogen (secondary N) is 1. The molecule has 1 aromatic rings. The molecule has 0 aliphatic heterocycles. The third-order valence-electron chi connectivity index (χ3n) is 3.60. The molecule has 2 rings (SSSR count). The number of thiophene rings is 1. The van der Waals surface area contributed by atoms with E-state index in [1.165, 1.54) is 6.07 Å². The minimum absolute atomic E-state index is 0.0722. The SMILES string of the molecule is N/C(=N\O)C(NS(=O)(=O)c1cccs1)C1CCCCC1. The molecule has 0 radical (unpaired) electrons. The fourth-order valence-electron chi connectivity index (χ4n) is 2.57. The van der Waals surface area contributed by atoms with E-state index < -0.39 is 16.1 Å². The van der Waals surface area contributed by atoms with Crippen molar-refractivity contribution in [1.82, 2.24) is 4.72 Å². The van der Waals surface area contributed by atoms with E-state index in [2.05, 4.69) is 9.88 Å². The Balaban J connectivity index is 2.20. The number of nitrogens with zero attached hydrogens (tertiary/aromatic N) is 1. The van der Waals surface area contributed by atoms with Gasteiger partial charge in [0.1, 0.15) is 4.21 Å². The predicted octanol–water partition coefficient (Wildman–Crippen LogP) is 1.72. The molecule has 6 nitrogen and oxygen atoms in total. The summed E-state index contributed by atoms with van der Waals surface area (Å²) in [5.41, 5.74) is 5.69. The van der Waals surface area contributed by atoms with Crippen molar-refractivity contribution in [3.05, 3.63) is 17.5 Å². The van der Waals surface area contributed by atoms with Crippen LogP contribution in [-0.4, -0.2) is 25.5 Å². The summed E-state index contributed by atoms with van der Waals surface area (Å²) < 4.78 is 27.4. The molecule has 1 unspecified atom stereocenters. The number of oxime groups is 1. The zero-order valence-corrected chi connectivity index (χ0v) is 12.7. The first-order chi connectivity index (χ1) is 9.54. The van der Waals surface area contributed by atoms with Gasteiger partial charge in [0, 0.05) is 0 Å². The van der Waals surface area contributed by atoms with Crippen LogP contribution in [0.2, 0.25) is 0 Å². The van der Waals surface area contributed by atoms with E-state index in [9.17, 15) is 8.42 Å². The van der Waals surface area contributed by atoms with Crippen LogP contribution in [0, 0.1) is 5.92 Å². The van der Waals surface area contributed by atoms with Crippen LogP contribution >= 0.6 is 11.3 Å². The highest BCUT2D eigenvalue weighted by molar-refractivity contribution is 7.91. The van der Waals surface area contributed by atoms with Gasteiger partial charge in [-0.25, -0.2) is 8.42 Å². The molecule has 0 aromatic carbocycles. The molecule has 4 N–H and O–H groups in total. The molecule has 20 heavy (non-hydrogen) atoms. The zero-order chi connectivity index (χ0) is 14.6. The van der Waals surface area contributed by atoms with Gasteiger partial charge in [-0.3, -0.25) is 0 Å². The van der Waals surface area contributed by atoms with E-state index >= 15 is 0 Å². The summed E-state index contributed by atoms with van der Waals surface area (Å²) in [5, 5.41) is 13.6. The Kier molecular flexibility index (Phi) is 5.00. The van der Waals surface area contributed by atoms with E-state index in [-0.39, 0.29) is 16.0 Å². The van der Waals surface area contributed by atoms with Gasteiger partial charge in [0.15, 0.2) is 5.84 Å². The highest BCUT2D eigenvalue weighted by Gasteiger charge is 2.31. The fraction of sp³-hybridized carbons (Fsp3) is 0.583. The molecule has 8 heteroatoms. The van der Waals surface area contributed by atoms with E-state index in [0.717, 1.165) is 43.4 Å². The number of hydrogen-bond donors (Lipinski definition) is 3. The van der Waals surface area contributed by atoms with Crippen LogP contribution < -0.4 is 10.5 Å².